The van der Waals surface area contributed by atoms with Crippen LogP contribution in [0, 0.1) is 0 Å². The van der Waals surface area contributed by atoms with Gasteiger partial charge < -0.3 is 15.5 Å². The van der Waals surface area contributed by atoms with Crippen LogP contribution in [0.15, 0.2) is 29.6 Å². The summed E-state index contributed by atoms with van der Waals surface area (Å²) in [5.41, 5.74) is 2.55. The third-order valence-corrected chi connectivity index (χ3v) is 4.74. The average molecular weight is 360 g/mol. The lowest BCUT2D eigenvalue weighted by Gasteiger charge is -2.21. The van der Waals surface area contributed by atoms with Gasteiger partial charge in [0.25, 0.3) is 0 Å². The van der Waals surface area contributed by atoms with Crippen LogP contribution in [0.4, 0.5) is 10.5 Å². The number of nitrogens with zero attached hydrogens (tertiary/aromatic N) is 2. The number of anilines is 1. The number of hydrogen-bond acceptors (Lipinski definition) is 4. The summed E-state index contributed by atoms with van der Waals surface area (Å²) in [6.45, 7) is 5.92. The Labute approximate surface area is 152 Å². The maximum Gasteiger partial charge on any atom is 0.317 e. The van der Waals surface area contributed by atoms with Crippen molar-refractivity contribution in [3.8, 4) is 0 Å². The Bertz CT molecular complexity index is 744. The van der Waals surface area contributed by atoms with Crippen molar-refractivity contribution in [1.29, 1.82) is 0 Å². The summed E-state index contributed by atoms with van der Waals surface area (Å²) in [5, 5.41) is 8.78. The Morgan fingerprint density at radius 2 is 2.12 bits per heavy atom. The SMILES string of the molecule is CCc1nc(CN(C)C(=O)N[C@H](C)c2cccc(NC(C)=O)c2)cs1. The molecular formula is C18H24N4O2S. The lowest BCUT2D eigenvalue weighted by molar-refractivity contribution is -0.114. The number of carbonyl (C=O) groups is 2. The van der Waals surface area contributed by atoms with Gasteiger partial charge >= 0.3 is 6.03 Å². The number of aryl methyl sites for hydroxylation is 1. The van der Waals surface area contributed by atoms with Crippen LogP contribution in [0.1, 0.15) is 43.1 Å². The van der Waals surface area contributed by atoms with Gasteiger partial charge in [0.1, 0.15) is 0 Å². The molecule has 2 N–H and O–H groups in total. The quantitative estimate of drug-likeness (QED) is 0.827. The van der Waals surface area contributed by atoms with Crippen LogP contribution >= 0.6 is 11.3 Å². The number of rotatable bonds is 6. The smallest absolute Gasteiger partial charge is 0.317 e. The van der Waals surface area contributed by atoms with E-state index in [-0.39, 0.29) is 18.0 Å². The minimum atomic E-state index is -0.176. The predicted octanol–water partition coefficient (Wildman–Crippen LogP) is 3.57. The van der Waals surface area contributed by atoms with Crippen LogP contribution in [-0.2, 0) is 17.8 Å². The molecule has 1 aromatic heterocycles. The minimum absolute atomic E-state index is 0.122. The van der Waals surface area contributed by atoms with Crippen molar-refractivity contribution in [1.82, 2.24) is 15.2 Å². The van der Waals surface area contributed by atoms with E-state index in [0.717, 1.165) is 22.7 Å². The van der Waals surface area contributed by atoms with Crippen LogP contribution in [-0.4, -0.2) is 28.9 Å². The average Bonchev–Trinajstić information content (AvgIpc) is 3.02. The van der Waals surface area contributed by atoms with E-state index in [2.05, 4.69) is 22.5 Å². The number of urea groups is 1. The molecule has 0 fully saturated rings. The van der Waals surface area contributed by atoms with Crippen LogP contribution < -0.4 is 10.6 Å². The molecule has 1 heterocycles. The lowest BCUT2D eigenvalue weighted by atomic mass is 10.1. The summed E-state index contributed by atoms with van der Waals surface area (Å²) in [5.74, 6) is -0.122. The lowest BCUT2D eigenvalue weighted by Crippen LogP contribution is -2.38. The predicted molar refractivity (Wildman–Crippen MR) is 101 cm³/mol. The first kappa shape index (κ1) is 18.9. The molecule has 2 aromatic rings. The summed E-state index contributed by atoms with van der Waals surface area (Å²) < 4.78 is 0. The van der Waals surface area contributed by atoms with E-state index in [1.165, 1.54) is 6.92 Å². The summed E-state index contributed by atoms with van der Waals surface area (Å²) in [4.78, 5) is 29.7. The third-order valence-electron chi connectivity index (χ3n) is 3.69. The second kappa shape index (κ2) is 8.62. The highest BCUT2D eigenvalue weighted by atomic mass is 32.1. The van der Waals surface area contributed by atoms with E-state index in [1.807, 2.05) is 36.6 Å². The van der Waals surface area contributed by atoms with Gasteiger partial charge in [-0.25, -0.2) is 9.78 Å². The normalized spacial score (nSPS) is 11.7. The summed E-state index contributed by atoms with van der Waals surface area (Å²) in [6.07, 6.45) is 0.905. The van der Waals surface area contributed by atoms with Crippen LogP contribution in [0.25, 0.3) is 0 Å². The molecule has 0 aliphatic rings. The van der Waals surface area contributed by atoms with Crippen molar-refractivity contribution >= 4 is 29.0 Å². The molecule has 0 bridgehead atoms. The third kappa shape index (κ3) is 5.56. The first-order chi connectivity index (χ1) is 11.9. The highest BCUT2D eigenvalue weighted by Gasteiger charge is 2.15. The molecule has 25 heavy (non-hydrogen) atoms. The van der Waals surface area contributed by atoms with Gasteiger partial charge in [0.05, 0.1) is 23.3 Å². The first-order valence-corrected chi connectivity index (χ1v) is 9.09. The van der Waals surface area contributed by atoms with Gasteiger partial charge in [-0.2, -0.15) is 0 Å². The van der Waals surface area contributed by atoms with Crippen molar-refractivity contribution in [3.05, 3.63) is 45.9 Å². The Morgan fingerprint density at radius 3 is 2.76 bits per heavy atom. The second-order valence-electron chi connectivity index (χ2n) is 5.92. The second-order valence-corrected chi connectivity index (χ2v) is 6.86. The zero-order valence-electron chi connectivity index (χ0n) is 15.0. The van der Waals surface area contributed by atoms with Gasteiger partial charge in [-0.1, -0.05) is 19.1 Å². The number of thiazole rings is 1. The number of benzene rings is 1. The van der Waals surface area contributed by atoms with Gasteiger partial charge in [0, 0.05) is 25.0 Å². The van der Waals surface area contributed by atoms with Crippen LogP contribution in [0.5, 0.6) is 0 Å². The van der Waals surface area contributed by atoms with E-state index in [9.17, 15) is 9.59 Å². The molecule has 1 atom stereocenters. The molecular weight excluding hydrogens is 336 g/mol. The molecule has 1 aromatic carbocycles. The summed E-state index contributed by atoms with van der Waals surface area (Å²) in [6, 6.07) is 7.12. The van der Waals surface area contributed by atoms with Gasteiger partial charge in [0.15, 0.2) is 0 Å². The molecule has 0 unspecified atom stereocenters. The van der Waals surface area contributed by atoms with Gasteiger partial charge in [-0.05, 0) is 31.0 Å². The van der Waals surface area contributed by atoms with Crippen molar-refractivity contribution in [2.24, 2.45) is 0 Å². The zero-order chi connectivity index (χ0) is 18.4. The largest absolute Gasteiger partial charge is 0.331 e. The fourth-order valence-electron chi connectivity index (χ4n) is 2.37. The Kier molecular flexibility index (Phi) is 6.52. The van der Waals surface area contributed by atoms with Gasteiger partial charge in [0.2, 0.25) is 5.91 Å². The molecule has 0 aliphatic carbocycles. The molecule has 3 amide bonds. The minimum Gasteiger partial charge on any atom is -0.331 e. The van der Waals surface area contributed by atoms with E-state index in [4.69, 9.17) is 0 Å². The number of aromatic nitrogens is 1. The fourth-order valence-corrected chi connectivity index (χ4v) is 3.10. The molecule has 6 nitrogen and oxygen atoms in total. The highest BCUT2D eigenvalue weighted by molar-refractivity contribution is 7.09. The molecule has 0 radical (unpaired) electrons. The standard InChI is InChI=1S/C18H24N4O2S/c1-5-17-21-16(11-25-17)10-22(4)18(24)19-12(2)14-7-6-8-15(9-14)20-13(3)23/h6-9,11-12H,5,10H2,1-4H3,(H,19,24)(H,20,23)/t12-/m1/s1. The summed E-state index contributed by atoms with van der Waals surface area (Å²) >= 11 is 1.62. The van der Waals surface area contributed by atoms with Crippen LogP contribution in [0.2, 0.25) is 0 Å². The number of nitrogens with one attached hydrogen (secondary N) is 2. The molecule has 0 aliphatic heterocycles. The topological polar surface area (TPSA) is 74.3 Å². The van der Waals surface area contributed by atoms with Gasteiger partial charge in [-0.15, -0.1) is 11.3 Å². The van der Waals surface area contributed by atoms with E-state index in [1.54, 1.807) is 23.3 Å². The molecule has 0 saturated heterocycles. The van der Waals surface area contributed by atoms with Gasteiger partial charge in [-0.3, -0.25) is 4.79 Å². The monoisotopic (exact) mass is 360 g/mol. The van der Waals surface area contributed by atoms with Crippen molar-refractivity contribution < 1.29 is 9.59 Å². The van der Waals surface area contributed by atoms with E-state index >= 15 is 0 Å². The molecule has 2 rings (SSSR count). The Hall–Kier alpha value is -2.41. The molecule has 134 valence electrons. The van der Waals surface area contributed by atoms with E-state index in [0.29, 0.717) is 12.2 Å². The van der Waals surface area contributed by atoms with Crippen molar-refractivity contribution in [2.75, 3.05) is 12.4 Å². The maximum absolute atomic E-state index is 12.4. The van der Waals surface area contributed by atoms with Crippen molar-refractivity contribution in [2.45, 2.75) is 39.8 Å². The molecule has 7 heteroatoms. The molecule has 0 spiro atoms. The van der Waals surface area contributed by atoms with Crippen molar-refractivity contribution in [3.63, 3.8) is 0 Å². The fraction of sp³-hybridized carbons (Fsp3) is 0.389. The van der Waals surface area contributed by atoms with E-state index < -0.39 is 0 Å². The number of hydrogen-bond donors (Lipinski definition) is 2. The molecule has 0 saturated carbocycles. The maximum atomic E-state index is 12.4. The Morgan fingerprint density at radius 1 is 1.36 bits per heavy atom. The summed E-state index contributed by atoms with van der Waals surface area (Å²) in [7, 11) is 1.75. The first-order valence-electron chi connectivity index (χ1n) is 8.21. The highest BCUT2D eigenvalue weighted by Crippen LogP contribution is 2.18. The zero-order valence-corrected chi connectivity index (χ0v) is 15.8. The number of carbonyl (C=O) groups excluding carboxylic acids is 2. The number of amides is 3. The van der Waals surface area contributed by atoms with Crippen LogP contribution in [0.3, 0.4) is 0 Å². The Balaban J connectivity index is 1.95.